The van der Waals surface area contributed by atoms with Crippen LogP contribution in [0.15, 0.2) is 73.1 Å². The highest BCUT2D eigenvalue weighted by Gasteiger charge is 2.16. The van der Waals surface area contributed by atoms with Gasteiger partial charge in [-0.2, -0.15) is 5.10 Å². The van der Waals surface area contributed by atoms with Gasteiger partial charge in [0.05, 0.1) is 56.4 Å². The lowest BCUT2D eigenvalue weighted by molar-refractivity contribution is -0.384. The summed E-state index contributed by atoms with van der Waals surface area (Å²) in [5.41, 5.74) is 2.48. The zero-order chi connectivity index (χ0) is 27.9. The number of hydrogen-bond donors (Lipinski definition) is 2. The molecule has 2 amide bonds. The maximum Gasteiger partial charge on any atom is 0.269 e. The molecule has 4 rings (SSSR count). The molecule has 0 saturated carbocycles. The van der Waals surface area contributed by atoms with Gasteiger partial charge in [0.15, 0.2) is 11.5 Å². The van der Waals surface area contributed by atoms with Gasteiger partial charge in [-0.3, -0.25) is 19.7 Å². The van der Waals surface area contributed by atoms with E-state index in [4.69, 9.17) is 14.2 Å². The first-order chi connectivity index (χ1) is 18.8. The Morgan fingerprint density at radius 2 is 1.62 bits per heavy atom. The van der Waals surface area contributed by atoms with Crippen molar-refractivity contribution in [1.29, 1.82) is 0 Å². The fourth-order valence-electron chi connectivity index (χ4n) is 3.80. The molecule has 12 heteroatoms. The Balaban J connectivity index is 1.44. The van der Waals surface area contributed by atoms with Crippen LogP contribution < -0.4 is 24.8 Å². The van der Waals surface area contributed by atoms with Crippen molar-refractivity contribution < 1.29 is 28.7 Å². The molecule has 2 N–H and O–H groups in total. The van der Waals surface area contributed by atoms with Gasteiger partial charge in [0, 0.05) is 35.5 Å². The van der Waals surface area contributed by atoms with Gasteiger partial charge in [-0.1, -0.05) is 18.2 Å². The Morgan fingerprint density at radius 1 is 0.923 bits per heavy atom. The van der Waals surface area contributed by atoms with E-state index in [-0.39, 0.29) is 23.9 Å². The number of carbonyl (C=O) groups excluding carboxylic acids is 2. The van der Waals surface area contributed by atoms with E-state index in [1.807, 2.05) is 0 Å². The van der Waals surface area contributed by atoms with Crippen molar-refractivity contribution in [3.63, 3.8) is 0 Å². The number of nitro groups is 1. The van der Waals surface area contributed by atoms with Gasteiger partial charge < -0.3 is 24.8 Å². The standard InChI is InChI=1S/C27H25N5O7/c1-37-23-13-19(14-24(38-2)26(23)39-3)30-27(34)18-5-4-6-22(12-18)31-16-20(15-28-31)29-25(33)11-17-7-9-21(10-8-17)32(35)36/h4-10,12-16H,11H2,1-3H3,(H,29,33)(H,30,34). The van der Waals surface area contributed by atoms with Gasteiger partial charge >= 0.3 is 0 Å². The number of hydrogen-bond acceptors (Lipinski definition) is 8. The van der Waals surface area contributed by atoms with Crippen LogP contribution in [0.2, 0.25) is 0 Å². The lowest BCUT2D eigenvalue weighted by Gasteiger charge is -2.14. The van der Waals surface area contributed by atoms with Crippen LogP contribution in [-0.4, -0.2) is 47.8 Å². The quantitative estimate of drug-likeness (QED) is 0.228. The second-order valence-electron chi connectivity index (χ2n) is 8.24. The molecule has 1 aromatic heterocycles. The summed E-state index contributed by atoms with van der Waals surface area (Å²) in [6, 6.07) is 15.8. The third-order valence-corrected chi connectivity index (χ3v) is 5.67. The molecule has 1 heterocycles. The number of nitro benzene ring substituents is 1. The van der Waals surface area contributed by atoms with Gasteiger partial charge in [-0.15, -0.1) is 0 Å². The van der Waals surface area contributed by atoms with E-state index in [0.717, 1.165) is 0 Å². The summed E-state index contributed by atoms with van der Waals surface area (Å²) in [6.07, 6.45) is 3.14. The van der Waals surface area contributed by atoms with Crippen molar-refractivity contribution in [2.24, 2.45) is 0 Å². The summed E-state index contributed by atoms with van der Waals surface area (Å²) in [5.74, 6) is 0.548. The van der Waals surface area contributed by atoms with Crippen LogP contribution in [0.1, 0.15) is 15.9 Å². The number of anilines is 2. The topological polar surface area (TPSA) is 147 Å². The Hall–Kier alpha value is -5.39. The van der Waals surface area contributed by atoms with Gasteiger partial charge in [0.1, 0.15) is 0 Å². The maximum absolute atomic E-state index is 13.0. The third-order valence-electron chi connectivity index (χ3n) is 5.67. The molecule has 12 nitrogen and oxygen atoms in total. The molecule has 3 aromatic carbocycles. The molecule has 0 unspecified atom stereocenters. The van der Waals surface area contributed by atoms with Gasteiger partial charge in [0.25, 0.3) is 11.6 Å². The number of amides is 2. The van der Waals surface area contributed by atoms with E-state index in [1.165, 1.54) is 56.5 Å². The Bertz CT molecular complexity index is 1490. The van der Waals surface area contributed by atoms with E-state index in [9.17, 15) is 19.7 Å². The van der Waals surface area contributed by atoms with Crippen molar-refractivity contribution in [3.8, 4) is 22.9 Å². The average molecular weight is 532 g/mol. The van der Waals surface area contributed by atoms with E-state index in [2.05, 4.69) is 15.7 Å². The number of non-ortho nitro benzene ring substituents is 1. The molecule has 0 fully saturated rings. The molecule has 0 aliphatic rings. The van der Waals surface area contributed by atoms with E-state index < -0.39 is 4.92 Å². The zero-order valence-electron chi connectivity index (χ0n) is 21.3. The van der Waals surface area contributed by atoms with E-state index >= 15 is 0 Å². The molecule has 200 valence electrons. The predicted octanol–water partition coefficient (Wildman–Crippen LogP) is 4.24. The van der Waals surface area contributed by atoms with Gasteiger partial charge in [-0.05, 0) is 23.8 Å². The second-order valence-corrected chi connectivity index (χ2v) is 8.24. The van der Waals surface area contributed by atoms with Crippen molar-refractivity contribution in [2.45, 2.75) is 6.42 Å². The summed E-state index contributed by atoms with van der Waals surface area (Å²) < 4.78 is 17.5. The summed E-state index contributed by atoms with van der Waals surface area (Å²) >= 11 is 0. The highest BCUT2D eigenvalue weighted by atomic mass is 16.6. The largest absolute Gasteiger partial charge is 0.493 e. The molecule has 39 heavy (non-hydrogen) atoms. The minimum absolute atomic E-state index is 0.0414. The fraction of sp³-hybridized carbons (Fsp3) is 0.148. The van der Waals surface area contributed by atoms with Crippen molar-refractivity contribution in [3.05, 3.63) is 94.3 Å². The number of nitrogens with one attached hydrogen (secondary N) is 2. The highest BCUT2D eigenvalue weighted by Crippen LogP contribution is 2.40. The van der Waals surface area contributed by atoms with Crippen molar-refractivity contribution in [1.82, 2.24) is 9.78 Å². The maximum atomic E-state index is 13.0. The van der Waals surface area contributed by atoms with Crippen molar-refractivity contribution >= 4 is 28.9 Å². The van der Waals surface area contributed by atoms with E-state index in [1.54, 1.807) is 42.6 Å². The zero-order valence-corrected chi connectivity index (χ0v) is 21.3. The average Bonchev–Trinajstić information content (AvgIpc) is 3.41. The number of carbonyl (C=O) groups is 2. The van der Waals surface area contributed by atoms with Crippen LogP contribution in [-0.2, 0) is 11.2 Å². The molecular weight excluding hydrogens is 506 g/mol. The Kier molecular flexibility index (Phi) is 8.05. The molecule has 0 spiro atoms. The number of nitrogens with zero attached hydrogens (tertiary/aromatic N) is 3. The summed E-state index contributed by atoms with van der Waals surface area (Å²) in [7, 11) is 4.47. The predicted molar refractivity (Wildman–Crippen MR) is 143 cm³/mol. The monoisotopic (exact) mass is 531 g/mol. The van der Waals surface area contributed by atoms with Crippen LogP contribution >= 0.6 is 0 Å². The SMILES string of the molecule is COc1cc(NC(=O)c2cccc(-n3cc(NC(=O)Cc4ccc([N+](=O)[O-])cc4)cn3)c2)cc(OC)c1OC. The molecule has 0 aliphatic heterocycles. The Labute approximate surface area is 223 Å². The highest BCUT2D eigenvalue weighted by molar-refractivity contribution is 6.05. The van der Waals surface area contributed by atoms with Crippen molar-refractivity contribution in [2.75, 3.05) is 32.0 Å². The molecule has 0 saturated heterocycles. The van der Waals surface area contributed by atoms with Gasteiger partial charge in [0.2, 0.25) is 11.7 Å². The van der Waals surface area contributed by atoms with Gasteiger partial charge in [-0.25, -0.2) is 4.68 Å². The van der Waals surface area contributed by atoms with Crippen LogP contribution in [0, 0.1) is 10.1 Å². The Morgan fingerprint density at radius 3 is 2.23 bits per heavy atom. The first-order valence-corrected chi connectivity index (χ1v) is 11.6. The first kappa shape index (κ1) is 26.7. The number of methoxy groups -OCH3 is 3. The molecule has 0 radical (unpaired) electrons. The molecule has 0 bridgehead atoms. The van der Waals surface area contributed by atoms with E-state index in [0.29, 0.717) is 45.4 Å². The van der Waals surface area contributed by atoms with Crippen LogP contribution in [0.25, 0.3) is 5.69 Å². The molecule has 0 aliphatic carbocycles. The summed E-state index contributed by atoms with van der Waals surface area (Å²) in [6.45, 7) is 0. The van der Waals surface area contributed by atoms with Crippen LogP contribution in [0.5, 0.6) is 17.2 Å². The molecule has 4 aromatic rings. The van der Waals surface area contributed by atoms with Crippen LogP contribution in [0.4, 0.5) is 17.1 Å². The van der Waals surface area contributed by atoms with Crippen LogP contribution in [0.3, 0.4) is 0 Å². The number of ether oxygens (including phenoxy) is 3. The number of benzene rings is 3. The first-order valence-electron chi connectivity index (χ1n) is 11.6. The summed E-state index contributed by atoms with van der Waals surface area (Å²) in [5, 5.41) is 20.6. The lowest BCUT2D eigenvalue weighted by Crippen LogP contribution is -2.14. The molecule has 0 atom stereocenters. The fourth-order valence-corrected chi connectivity index (χ4v) is 3.80. The minimum Gasteiger partial charge on any atom is -0.493 e. The second kappa shape index (κ2) is 11.8. The smallest absolute Gasteiger partial charge is 0.269 e. The minimum atomic E-state index is -0.496. The number of aromatic nitrogens is 2. The third kappa shape index (κ3) is 6.31. The lowest BCUT2D eigenvalue weighted by atomic mass is 10.1. The normalized spacial score (nSPS) is 10.4. The number of rotatable bonds is 10. The molecular formula is C27H25N5O7. The summed E-state index contributed by atoms with van der Waals surface area (Å²) in [4.78, 5) is 35.7.